The topological polar surface area (TPSA) is 55.8 Å². The van der Waals surface area contributed by atoms with Crippen molar-refractivity contribution >= 4 is 18.6 Å². The summed E-state index contributed by atoms with van der Waals surface area (Å²) in [5, 5.41) is 8.65. The van der Waals surface area contributed by atoms with E-state index in [0.29, 0.717) is 16.9 Å². The van der Waals surface area contributed by atoms with Crippen LogP contribution in [0.4, 0.5) is 8.78 Å². The van der Waals surface area contributed by atoms with Gasteiger partial charge in [0.25, 0.3) is 0 Å². The number of rotatable bonds is 8. The van der Waals surface area contributed by atoms with Crippen LogP contribution in [0.2, 0.25) is 0 Å². The first-order valence-corrected chi connectivity index (χ1v) is 9.26. The molecule has 27 heavy (non-hydrogen) atoms. The molecule has 0 radical (unpaired) electrons. The molecule has 7 heteroatoms. The van der Waals surface area contributed by atoms with Gasteiger partial charge in [-0.25, -0.2) is 8.78 Å². The Morgan fingerprint density at radius 2 is 1.89 bits per heavy atom. The van der Waals surface area contributed by atoms with Crippen LogP contribution in [0, 0.1) is 11.6 Å². The summed E-state index contributed by atoms with van der Waals surface area (Å²) in [5.74, 6) is -2.67. The first kappa shape index (κ1) is 19.5. The van der Waals surface area contributed by atoms with Gasteiger partial charge >= 0.3 is 5.97 Å². The molecule has 144 valence electrons. The normalized spacial score (nSPS) is 15.1. The molecule has 0 spiro atoms. The van der Waals surface area contributed by atoms with Crippen molar-refractivity contribution in [3.63, 3.8) is 0 Å². The molecule has 1 unspecified atom stereocenters. The summed E-state index contributed by atoms with van der Waals surface area (Å²) in [6.45, 7) is 0. The third kappa shape index (κ3) is 5.13. The van der Waals surface area contributed by atoms with Crippen molar-refractivity contribution in [1.82, 2.24) is 0 Å². The van der Waals surface area contributed by atoms with Gasteiger partial charge in [-0.15, -0.1) is 12.6 Å². The van der Waals surface area contributed by atoms with Gasteiger partial charge in [-0.1, -0.05) is 12.1 Å². The van der Waals surface area contributed by atoms with Crippen LogP contribution < -0.4 is 9.47 Å². The second-order valence-corrected chi connectivity index (χ2v) is 7.05. The Morgan fingerprint density at radius 3 is 2.48 bits per heavy atom. The van der Waals surface area contributed by atoms with Crippen LogP contribution in [0.1, 0.15) is 32.1 Å². The van der Waals surface area contributed by atoms with E-state index in [-0.39, 0.29) is 18.9 Å². The largest absolute Gasteiger partial charge is 0.490 e. The van der Waals surface area contributed by atoms with Crippen LogP contribution in [0.15, 0.2) is 36.4 Å². The van der Waals surface area contributed by atoms with Gasteiger partial charge < -0.3 is 14.6 Å². The van der Waals surface area contributed by atoms with Crippen molar-refractivity contribution in [2.45, 2.75) is 43.6 Å². The van der Waals surface area contributed by atoms with Gasteiger partial charge in [-0.3, -0.25) is 4.79 Å². The average molecular weight is 394 g/mol. The highest BCUT2D eigenvalue weighted by Crippen LogP contribution is 2.33. The minimum atomic E-state index is -1.03. The Morgan fingerprint density at radius 1 is 1.19 bits per heavy atom. The van der Waals surface area contributed by atoms with Crippen molar-refractivity contribution in [2.24, 2.45) is 0 Å². The quantitative estimate of drug-likeness (QED) is 0.485. The molecule has 0 aromatic heterocycles. The predicted molar refractivity (Wildman–Crippen MR) is 100 cm³/mol. The van der Waals surface area contributed by atoms with E-state index in [0.717, 1.165) is 19.3 Å². The molecule has 1 aliphatic carbocycles. The van der Waals surface area contributed by atoms with E-state index >= 15 is 0 Å². The zero-order valence-electron chi connectivity index (χ0n) is 14.5. The van der Waals surface area contributed by atoms with Crippen LogP contribution in [-0.4, -0.2) is 22.6 Å². The van der Waals surface area contributed by atoms with Gasteiger partial charge in [0.15, 0.2) is 17.4 Å². The predicted octanol–water partition coefficient (Wildman–Crippen LogP) is 5.06. The number of hydrogen-bond acceptors (Lipinski definition) is 4. The number of halogens is 2. The maximum Gasteiger partial charge on any atom is 0.303 e. The maximum atomic E-state index is 14.4. The fraction of sp³-hybridized carbons (Fsp3) is 0.350. The number of benzene rings is 2. The van der Waals surface area contributed by atoms with Gasteiger partial charge in [-0.2, -0.15) is 0 Å². The van der Waals surface area contributed by atoms with Crippen molar-refractivity contribution in [1.29, 1.82) is 0 Å². The lowest BCUT2D eigenvalue weighted by atomic mass is 9.96. The molecule has 2 aromatic carbocycles. The lowest BCUT2D eigenvalue weighted by molar-refractivity contribution is -0.137. The highest BCUT2D eigenvalue weighted by molar-refractivity contribution is 7.80. The van der Waals surface area contributed by atoms with Crippen LogP contribution in [0.25, 0.3) is 11.1 Å². The molecule has 1 N–H and O–H groups in total. The Kier molecular flexibility index (Phi) is 6.21. The summed E-state index contributed by atoms with van der Waals surface area (Å²) < 4.78 is 39.7. The molecular formula is C20H20F2O4S. The molecule has 3 rings (SSSR count). The fourth-order valence-electron chi connectivity index (χ4n) is 2.71. The number of carboxylic acids is 1. The molecule has 1 atom stereocenters. The number of carboxylic acid groups (broad SMARTS) is 1. The van der Waals surface area contributed by atoms with E-state index in [1.54, 1.807) is 18.2 Å². The van der Waals surface area contributed by atoms with Crippen LogP contribution in [-0.2, 0) is 4.79 Å². The molecule has 1 aliphatic rings. The Bertz CT molecular complexity index is 800. The van der Waals surface area contributed by atoms with Crippen molar-refractivity contribution in [2.75, 3.05) is 0 Å². The lowest BCUT2D eigenvalue weighted by Gasteiger charge is -2.26. The van der Waals surface area contributed by atoms with Crippen LogP contribution in [0.3, 0.4) is 0 Å². The minimum absolute atomic E-state index is 0.0274. The first-order valence-electron chi connectivity index (χ1n) is 8.75. The van der Waals surface area contributed by atoms with E-state index in [1.807, 2.05) is 6.07 Å². The molecule has 0 saturated heterocycles. The van der Waals surface area contributed by atoms with E-state index in [2.05, 4.69) is 12.6 Å². The van der Waals surface area contributed by atoms with Crippen LogP contribution >= 0.6 is 12.6 Å². The molecule has 0 bridgehead atoms. The zero-order valence-corrected chi connectivity index (χ0v) is 15.4. The molecule has 1 fully saturated rings. The average Bonchev–Trinajstić information content (AvgIpc) is 2.59. The molecule has 2 aromatic rings. The van der Waals surface area contributed by atoms with Gasteiger partial charge in [0.1, 0.15) is 11.2 Å². The Labute approximate surface area is 161 Å². The second-order valence-electron chi connectivity index (χ2n) is 6.47. The van der Waals surface area contributed by atoms with Crippen LogP contribution in [0.5, 0.6) is 11.5 Å². The molecular weight excluding hydrogens is 374 g/mol. The molecule has 1 saturated carbocycles. The third-order valence-corrected chi connectivity index (χ3v) is 4.74. The summed E-state index contributed by atoms with van der Waals surface area (Å²) >= 11 is 4.03. The Balaban J connectivity index is 1.75. The zero-order chi connectivity index (χ0) is 19.4. The van der Waals surface area contributed by atoms with Gasteiger partial charge in [0.2, 0.25) is 0 Å². The van der Waals surface area contributed by atoms with E-state index in [9.17, 15) is 13.6 Å². The lowest BCUT2D eigenvalue weighted by Crippen LogP contribution is -2.24. The number of hydrogen-bond donors (Lipinski definition) is 2. The van der Waals surface area contributed by atoms with Gasteiger partial charge in [0.05, 0.1) is 6.10 Å². The van der Waals surface area contributed by atoms with E-state index in [1.165, 1.54) is 12.1 Å². The van der Waals surface area contributed by atoms with Gasteiger partial charge in [0, 0.05) is 12.8 Å². The van der Waals surface area contributed by atoms with E-state index < -0.39 is 28.8 Å². The smallest absolute Gasteiger partial charge is 0.303 e. The van der Waals surface area contributed by atoms with Crippen molar-refractivity contribution < 1.29 is 28.2 Å². The molecule has 0 heterocycles. The van der Waals surface area contributed by atoms with E-state index in [4.69, 9.17) is 14.6 Å². The summed E-state index contributed by atoms with van der Waals surface area (Å²) in [7, 11) is 0. The number of ether oxygens (including phenoxy) is 2. The number of thiol groups is 1. The summed E-state index contributed by atoms with van der Waals surface area (Å²) in [6.07, 6.45) is 3.23. The van der Waals surface area contributed by atoms with Crippen molar-refractivity contribution in [3.05, 3.63) is 48.0 Å². The van der Waals surface area contributed by atoms with Crippen molar-refractivity contribution in [3.8, 4) is 22.6 Å². The van der Waals surface area contributed by atoms with Gasteiger partial charge in [-0.05, 0) is 54.7 Å². The summed E-state index contributed by atoms with van der Waals surface area (Å²) in [5.41, 5.74) is 0.0669. The molecule has 0 aliphatic heterocycles. The molecule has 4 nitrogen and oxygen atoms in total. The SMILES string of the molecule is O=C(O)CCC(S)Oc1c(F)cc(-c2cccc(OC3CCC3)c2)cc1F. The highest BCUT2D eigenvalue weighted by atomic mass is 32.1. The second kappa shape index (κ2) is 8.61. The minimum Gasteiger partial charge on any atom is -0.490 e. The summed E-state index contributed by atoms with van der Waals surface area (Å²) in [4.78, 5) is 10.6. The summed E-state index contributed by atoms with van der Waals surface area (Å²) in [6, 6.07) is 9.45. The first-order chi connectivity index (χ1) is 12.9. The number of carbonyl (C=O) groups is 1. The number of aliphatic carboxylic acids is 1. The standard InChI is InChI=1S/C20H20F2O4S/c21-16-10-13(11-17(22)20(16)26-19(27)8-7-18(23)24)12-3-1-6-15(9-12)25-14-4-2-5-14/h1,3,6,9-11,14,19,27H,2,4-5,7-8H2,(H,23,24). The highest BCUT2D eigenvalue weighted by Gasteiger charge is 2.20. The maximum absolute atomic E-state index is 14.4. The third-order valence-electron chi connectivity index (χ3n) is 4.38. The molecule has 0 amide bonds. The monoisotopic (exact) mass is 394 g/mol. The Hall–Kier alpha value is -2.28. The fourth-order valence-corrected chi connectivity index (χ4v) is 2.95.